The quantitative estimate of drug-likeness (QED) is 0.194. The Balaban J connectivity index is 0.000000591. The number of aliphatic hydroxyl groups is 1. The molecule has 5 rings (SSSR count). The van der Waals surface area contributed by atoms with Crippen molar-refractivity contribution in [1.29, 1.82) is 0 Å². The Kier molecular flexibility index (Phi) is 12.5. The Labute approximate surface area is 271 Å². The van der Waals surface area contributed by atoms with Crippen LogP contribution in [0.25, 0.3) is 0 Å². The molecule has 1 aliphatic carbocycles. The van der Waals surface area contributed by atoms with E-state index in [1.54, 1.807) is 19.1 Å². The summed E-state index contributed by atoms with van der Waals surface area (Å²) in [5, 5.41) is 11.9. The average Bonchev–Trinajstić information content (AvgIpc) is 3.33. The topological polar surface area (TPSA) is 91.3 Å². The third-order valence-corrected chi connectivity index (χ3v) is 10.3. The molecule has 45 heavy (non-hydrogen) atoms. The minimum atomic E-state index is -1.78. The Morgan fingerprint density at radius 2 is 1.73 bits per heavy atom. The lowest BCUT2D eigenvalue weighted by atomic mass is 9.71. The lowest BCUT2D eigenvalue weighted by Crippen LogP contribution is -2.57. The summed E-state index contributed by atoms with van der Waals surface area (Å²) < 4.78 is 25.0. The maximum Gasteiger partial charge on any atom is 0.316 e. The van der Waals surface area contributed by atoms with E-state index in [1.165, 1.54) is 37.7 Å². The van der Waals surface area contributed by atoms with Gasteiger partial charge in [0.05, 0.1) is 18.8 Å². The standard InChI is InChI=1S/C31H42O7.C7H16/c1-18-7-6-8-23-17-35-28-27(32)21(4)14-26(31(23,28)34)29(33)36-25-15-24(10-9-19(2)13-18)38-30(16-25)12-11-20(3)22(5)37-30;1-3-5-7-6-4-2/h6-9,14,18,20,22,24-26,28,34H,10-13,15-17H2,1-5H3;3-7H2,1-2H3/b7-6+,19-9+,23-8+;/t18-,20-,22+,24+,25-,26-,28+,30-,31+;/m0./s1. The Morgan fingerprint density at radius 1 is 1.00 bits per heavy atom. The van der Waals surface area contributed by atoms with Gasteiger partial charge in [0, 0.05) is 19.3 Å². The largest absolute Gasteiger partial charge is 0.462 e. The maximum absolute atomic E-state index is 13.8. The highest BCUT2D eigenvalue weighted by atomic mass is 16.7. The molecule has 2 bridgehead atoms. The Bertz CT molecular complexity index is 1160. The molecule has 0 unspecified atom stereocenters. The van der Waals surface area contributed by atoms with Crippen molar-refractivity contribution in [3.05, 3.63) is 47.1 Å². The smallest absolute Gasteiger partial charge is 0.316 e. The number of carbonyl (C=O) groups excluding carboxylic acids is 2. The monoisotopic (exact) mass is 626 g/mol. The molecule has 3 saturated heterocycles. The molecule has 0 radical (unpaired) electrons. The van der Waals surface area contributed by atoms with Gasteiger partial charge < -0.3 is 24.1 Å². The van der Waals surface area contributed by atoms with Gasteiger partial charge in [-0.1, -0.05) is 95.8 Å². The molecule has 5 aliphatic rings. The molecule has 0 aromatic rings. The van der Waals surface area contributed by atoms with Crippen LogP contribution in [0, 0.1) is 17.8 Å². The second-order valence-corrected chi connectivity index (χ2v) is 14.3. The molecular weight excluding hydrogens is 568 g/mol. The summed E-state index contributed by atoms with van der Waals surface area (Å²) in [4.78, 5) is 26.7. The van der Waals surface area contributed by atoms with Gasteiger partial charge in [0.1, 0.15) is 17.6 Å². The van der Waals surface area contributed by atoms with Gasteiger partial charge in [0.25, 0.3) is 0 Å². The number of rotatable bonds is 4. The summed E-state index contributed by atoms with van der Waals surface area (Å²) in [5.74, 6) is -1.97. The molecule has 9 atom stereocenters. The number of carbonyl (C=O) groups is 2. The molecule has 1 spiro atoms. The normalized spacial score (nSPS) is 41.8. The van der Waals surface area contributed by atoms with Crippen LogP contribution in [0.3, 0.4) is 0 Å². The van der Waals surface area contributed by atoms with Crippen LogP contribution in [0.4, 0.5) is 0 Å². The molecule has 7 nitrogen and oxygen atoms in total. The van der Waals surface area contributed by atoms with Gasteiger partial charge >= 0.3 is 5.97 Å². The number of allylic oxidation sites excluding steroid dienone is 4. The van der Waals surface area contributed by atoms with E-state index in [2.05, 4.69) is 53.7 Å². The highest BCUT2D eigenvalue weighted by molar-refractivity contribution is 6.03. The van der Waals surface area contributed by atoms with Crippen LogP contribution in [0.2, 0.25) is 0 Å². The summed E-state index contributed by atoms with van der Waals surface area (Å²) in [7, 11) is 0. The zero-order valence-electron chi connectivity index (χ0n) is 28.8. The van der Waals surface area contributed by atoms with E-state index in [0.29, 0.717) is 36.3 Å². The fourth-order valence-electron chi connectivity index (χ4n) is 7.38. The van der Waals surface area contributed by atoms with Crippen molar-refractivity contribution in [3.8, 4) is 0 Å². The molecule has 7 heteroatoms. The number of unbranched alkanes of at least 4 members (excludes halogenated alkanes) is 4. The molecular formula is C38H58O7. The fraction of sp³-hybridized carbons (Fsp3) is 0.737. The first-order valence-electron chi connectivity index (χ1n) is 17.6. The number of ketones is 1. The van der Waals surface area contributed by atoms with Crippen molar-refractivity contribution in [2.75, 3.05) is 6.61 Å². The Hall–Kier alpha value is -2.06. The number of hydrogen-bond acceptors (Lipinski definition) is 7. The van der Waals surface area contributed by atoms with E-state index < -0.39 is 35.5 Å². The average molecular weight is 627 g/mol. The van der Waals surface area contributed by atoms with Crippen molar-refractivity contribution in [3.63, 3.8) is 0 Å². The molecule has 4 aliphatic heterocycles. The summed E-state index contributed by atoms with van der Waals surface area (Å²) >= 11 is 0. The number of hydrogen-bond donors (Lipinski definition) is 1. The summed E-state index contributed by atoms with van der Waals surface area (Å²) in [6.07, 6.45) is 19.2. The van der Waals surface area contributed by atoms with Crippen LogP contribution >= 0.6 is 0 Å². The van der Waals surface area contributed by atoms with Crippen molar-refractivity contribution >= 4 is 11.8 Å². The molecule has 0 aromatic heterocycles. The van der Waals surface area contributed by atoms with E-state index in [9.17, 15) is 14.7 Å². The summed E-state index contributed by atoms with van der Waals surface area (Å²) in [6.45, 7) is 14.8. The minimum absolute atomic E-state index is 0.0429. The van der Waals surface area contributed by atoms with Gasteiger partial charge in [-0.15, -0.1) is 0 Å². The zero-order chi connectivity index (χ0) is 32.8. The number of esters is 1. The van der Waals surface area contributed by atoms with Crippen LogP contribution in [0.15, 0.2) is 47.1 Å². The SMILES string of the molecule is CC1=C[C@H]2C(=O)O[C@H]3C[C@@H](C/C=C(\C)C[C@@H](C)/C=C/C=C4\CO[C@H](C1=O)[C@@]42O)O[C@@]1(CC[C@H](C)[C@@H](C)O1)C3.CCCCCCC. The number of fused-ring (bicyclic) bond motifs is 2. The van der Waals surface area contributed by atoms with Crippen LogP contribution < -0.4 is 0 Å². The van der Waals surface area contributed by atoms with Crippen molar-refractivity contribution in [2.45, 2.75) is 155 Å². The van der Waals surface area contributed by atoms with Gasteiger partial charge in [-0.25, -0.2) is 0 Å². The lowest BCUT2D eigenvalue weighted by molar-refractivity contribution is -0.332. The van der Waals surface area contributed by atoms with Gasteiger partial charge in [0.15, 0.2) is 17.7 Å². The molecule has 0 amide bonds. The molecule has 3 fully saturated rings. The second kappa shape index (κ2) is 15.7. The van der Waals surface area contributed by atoms with Crippen LogP contribution in [0.5, 0.6) is 0 Å². The molecule has 0 saturated carbocycles. The Morgan fingerprint density at radius 3 is 2.42 bits per heavy atom. The van der Waals surface area contributed by atoms with Crippen molar-refractivity contribution < 1.29 is 33.6 Å². The first kappa shape index (κ1) is 35.8. The fourth-order valence-corrected chi connectivity index (χ4v) is 7.38. The van der Waals surface area contributed by atoms with Crippen LogP contribution in [0.1, 0.15) is 119 Å². The van der Waals surface area contributed by atoms with Crippen LogP contribution in [-0.4, -0.2) is 59.3 Å². The van der Waals surface area contributed by atoms with E-state index in [1.807, 2.05) is 6.08 Å². The molecule has 4 heterocycles. The first-order chi connectivity index (χ1) is 21.4. The predicted molar refractivity (Wildman–Crippen MR) is 176 cm³/mol. The van der Waals surface area contributed by atoms with Gasteiger partial charge in [0.2, 0.25) is 0 Å². The van der Waals surface area contributed by atoms with Crippen LogP contribution in [-0.2, 0) is 28.5 Å². The summed E-state index contributed by atoms with van der Waals surface area (Å²) in [6, 6.07) is 0. The lowest BCUT2D eigenvalue weighted by Gasteiger charge is -2.49. The maximum atomic E-state index is 13.8. The van der Waals surface area contributed by atoms with Gasteiger partial charge in [-0.2, -0.15) is 0 Å². The third kappa shape index (κ3) is 8.46. The molecule has 1 N–H and O–H groups in total. The third-order valence-electron chi connectivity index (χ3n) is 10.3. The molecule has 0 aromatic carbocycles. The number of ether oxygens (including phenoxy) is 4. The first-order valence-corrected chi connectivity index (χ1v) is 17.6. The molecule has 252 valence electrons. The van der Waals surface area contributed by atoms with E-state index >= 15 is 0 Å². The number of Topliss-reactive ketones (excluding diaryl/α,β-unsaturated/α-hetero) is 1. The highest BCUT2D eigenvalue weighted by Crippen LogP contribution is 2.46. The van der Waals surface area contributed by atoms with Crippen molar-refractivity contribution in [2.24, 2.45) is 17.8 Å². The van der Waals surface area contributed by atoms with E-state index in [4.69, 9.17) is 18.9 Å². The van der Waals surface area contributed by atoms with E-state index in [0.717, 1.165) is 19.3 Å². The highest BCUT2D eigenvalue weighted by Gasteiger charge is 2.60. The predicted octanol–water partition coefficient (Wildman–Crippen LogP) is 7.72. The summed E-state index contributed by atoms with van der Waals surface area (Å²) in [5.41, 5.74) is 0.416. The van der Waals surface area contributed by atoms with Gasteiger partial charge in [-0.3, -0.25) is 9.59 Å². The van der Waals surface area contributed by atoms with Gasteiger partial charge in [-0.05, 0) is 63.0 Å². The minimum Gasteiger partial charge on any atom is -0.462 e. The van der Waals surface area contributed by atoms with Crippen molar-refractivity contribution in [1.82, 2.24) is 0 Å². The second-order valence-electron chi connectivity index (χ2n) is 14.3. The van der Waals surface area contributed by atoms with E-state index in [-0.39, 0.29) is 30.5 Å². The zero-order valence-corrected chi connectivity index (χ0v) is 28.8.